The maximum absolute atomic E-state index is 8.36. The number of anilines is 2. The van der Waals surface area contributed by atoms with Crippen molar-refractivity contribution in [3.63, 3.8) is 0 Å². The lowest BCUT2D eigenvalue weighted by molar-refractivity contribution is 1.51. The van der Waals surface area contributed by atoms with Crippen LogP contribution < -0.4 is 5.32 Å². The van der Waals surface area contributed by atoms with Crippen LogP contribution in [0.2, 0.25) is 0 Å². The third-order valence-electron chi connectivity index (χ3n) is 5.15. The van der Waals surface area contributed by atoms with Crippen molar-refractivity contribution in [3.05, 3.63) is 133 Å². The van der Waals surface area contributed by atoms with E-state index in [1.807, 2.05) is 60.7 Å². The molecule has 0 amide bonds. The van der Waals surface area contributed by atoms with Gasteiger partial charge in [-0.25, -0.2) is 0 Å². The molecular weight excluding hydrogens is 374 g/mol. The second-order valence-electron chi connectivity index (χ2n) is 7.17. The molecule has 0 unspecified atom stereocenters. The number of hydrogen-bond donors (Lipinski definition) is 1. The summed E-state index contributed by atoms with van der Waals surface area (Å²) in [5, 5.41) is 3.57. The van der Waals surface area contributed by atoms with Crippen molar-refractivity contribution in [2.45, 2.75) is 0 Å². The Hall–Kier alpha value is -4.10. The summed E-state index contributed by atoms with van der Waals surface area (Å²) in [6.45, 7) is 0. The summed E-state index contributed by atoms with van der Waals surface area (Å²) in [7, 11) is 0. The number of rotatable bonds is 5. The van der Waals surface area contributed by atoms with Gasteiger partial charge in [-0.05, 0) is 34.4 Å². The van der Waals surface area contributed by atoms with Gasteiger partial charge in [-0.1, -0.05) is 121 Å². The van der Waals surface area contributed by atoms with Crippen molar-refractivity contribution in [1.82, 2.24) is 0 Å². The van der Waals surface area contributed by atoms with Crippen LogP contribution in [0.15, 0.2) is 133 Å². The molecule has 0 fully saturated rings. The van der Waals surface area contributed by atoms with Gasteiger partial charge in [-0.3, -0.25) is 0 Å². The zero-order valence-electron chi connectivity index (χ0n) is 21.8. The Bertz CT molecular complexity index is 1460. The van der Waals surface area contributed by atoms with Crippen LogP contribution in [0.5, 0.6) is 0 Å². The van der Waals surface area contributed by atoms with Crippen LogP contribution in [-0.2, 0) is 0 Å². The standard InChI is InChI=1S/C30H23N/c1-4-12-23(13-5-1)26-18-10-19-27(22-26)31-30-28(24-14-6-2-7-15-24)20-11-21-29(30)25-16-8-3-9-17-25/h1-22,31H/i1D,4D,5D,12D,13D. The molecule has 0 saturated heterocycles. The zero-order chi connectivity index (χ0) is 25.2. The number of hydrogen-bond acceptors (Lipinski definition) is 1. The van der Waals surface area contributed by atoms with Crippen LogP contribution in [0.3, 0.4) is 0 Å². The van der Waals surface area contributed by atoms with E-state index in [4.69, 9.17) is 6.85 Å². The molecule has 0 spiro atoms. The monoisotopic (exact) mass is 402 g/mol. The van der Waals surface area contributed by atoms with Crippen LogP contribution in [0.25, 0.3) is 33.4 Å². The van der Waals surface area contributed by atoms with Crippen molar-refractivity contribution < 1.29 is 6.85 Å². The lowest BCUT2D eigenvalue weighted by Crippen LogP contribution is -1.97. The highest BCUT2D eigenvalue weighted by Crippen LogP contribution is 2.39. The predicted molar refractivity (Wildman–Crippen MR) is 132 cm³/mol. The molecule has 5 aromatic rings. The van der Waals surface area contributed by atoms with Crippen LogP contribution in [-0.4, -0.2) is 0 Å². The van der Waals surface area contributed by atoms with E-state index in [0.29, 0.717) is 5.56 Å². The van der Waals surface area contributed by atoms with E-state index in [1.54, 1.807) is 6.07 Å². The Morgan fingerprint density at radius 3 is 1.65 bits per heavy atom. The molecule has 5 rings (SSSR count). The molecule has 0 saturated carbocycles. The van der Waals surface area contributed by atoms with Gasteiger partial charge in [0, 0.05) is 16.8 Å². The van der Waals surface area contributed by atoms with Gasteiger partial charge in [-0.2, -0.15) is 0 Å². The lowest BCUT2D eigenvalue weighted by Gasteiger charge is -2.18. The Morgan fingerprint density at radius 2 is 1.03 bits per heavy atom. The molecule has 5 aromatic carbocycles. The van der Waals surface area contributed by atoms with Gasteiger partial charge in [0.25, 0.3) is 0 Å². The Kier molecular flexibility index (Phi) is 3.94. The van der Waals surface area contributed by atoms with Crippen LogP contribution in [0.4, 0.5) is 11.4 Å². The van der Waals surface area contributed by atoms with Crippen LogP contribution >= 0.6 is 0 Å². The SMILES string of the molecule is [2H]c1c([2H])c([2H])c(-c2cccc(Nc3c(-c4ccccc4)cccc3-c3ccccc3)c2)c([2H])c1[2H]. The molecule has 0 aliphatic rings. The summed E-state index contributed by atoms with van der Waals surface area (Å²) in [6, 6.07) is 32.3. The van der Waals surface area contributed by atoms with Crippen molar-refractivity contribution >= 4 is 11.4 Å². The van der Waals surface area contributed by atoms with Crippen molar-refractivity contribution in [3.8, 4) is 33.4 Å². The molecule has 0 aromatic heterocycles. The molecule has 1 nitrogen and oxygen atoms in total. The second kappa shape index (κ2) is 8.73. The number of nitrogens with one attached hydrogen (secondary N) is 1. The van der Waals surface area contributed by atoms with Gasteiger partial charge < -0.3 is 5.32 Å². The Morgan fingerprint density at radius 1 is 0.484 bits per heavy atom. The molecule has 0 aliphatic carbocycles. The third-order valence-corrected chi connectivity index (χ3v) is 5.15. The maximum Gasteiger partial charge on any atom is 0.0629 e. The largest absolute Gasteiger partial charge is 0.354 e. The second-order valence-corrected chi connectivity index (χ2v) is 7.17. The van der Waals surface area contributed by atoms with E-state index in [2.05, 4.69) is 41.7 Å². The first-order chi connectivity index (χ1) is 17.5. The Balaban J connectivity index is 1.66. The molecule has 1 N–H and O–H groups in total. The summed E-state index contributed by atoms with van der Waals surface area (Å²) >= 11 is 0. The predicted octanol–water partition coefficient (Wildman–Crippen LogP) is 8.43. The van der Waals surface area contributed by atoms with Gasteiger partial charge in [0.2, 0.25) is 0 Å². The molecule has 0 atom stereocenters. The highest BCUT2D eigenvalue weighted by atomic mass is 14.9. The van der Waals surface area contributed by atoms with Gasteiger partial charge in [-0.15, -0.1) is 0 Å². The molecular formula is C30H23N. The topological polar surface area (TPSA) is 12.0 Å². The molecule has 0 aliphatic heterocycles. The summed E-state index contributed by atoms with van der Waals surface area (Å²) in [4.78, 5) is 0. The van der Waals surface area contributed by atoms with Crippen LogP contribution in [0.1, 0.15) is 6.85 Å². The quantitative estimate of drug-likeness (QED) is 0.311. The normalized spacial score (nSPS) is 12.8. The maximum atomic E-state index is 8.36. The van der Waals surface area contributed by atoms with Crippen molar-refractivity contribution in [2.75, 3.05) is 5.32 Å². The van der Waals surface area contributed by atoms with Gasteiger partial charge in [0.15, 0.2) is 0 Å². The Labute approximate surface area is 190 Å². The summed E-state index contributed by atoms with van der Waals surface area (Å²) < 4.78 is 40.7. The lowest BCUT2D eigenvalue weighted by atomic mass is 9.95. The van der Waals surface area contributed by atoms with Gasteiger partial charge in [0.1, 0.15) is 0 Å². The highest BCUT2D eigenvalue weighted by Gasteiger charge is 2.12. The van der Waals surface area contributed by atoms with Crippen molar-refractivity contribution in [1.29, 1.82) is 0 Å². The van der Waals surface area contributed by atoms with E-state index in [9.17, 15) is 0 Å². The minimum atomic E-state index is -0.396. The third kappa shape index (κ3) is 4.12. The molecule has 1 heteroatoms. The van der Waals surface area contributed by atoms with Gasteiger partial charge >= 0.3 is 0 Å². The average Bonchev–Trinajstić information content (AvgIpc) is 2.92. The average molecular weight is 403 g/mol. The fraction of sp³-hybridized carbons (Fsp3) is 0. The van der Waals surface area contributed by atoms with E-state index in [0.717, 1.165) is 33.6 Å². The number of para-hydroxylation sites is 1. The minimum absolute atomic E-state index is 0.185. The molecule has 0 heterocycles. The van der Waals surface area contributed by atoms with E-state index in [1.165, 1.54) is 0 Å². The van der Waals surface area contributed by atoms with E-state index in [-0.39, 0.29) is 29.7 Å². The molecule has 0 bridgehead atoms. The molecule has 0 radical (unpaired) electrons. The van der Waals surface area contributed by atoms with E-state index < -0.39 is 6.04 Å². The van der Waals surface area contributed by atoms with E-state index >= 15 is 0 Å². The summed E-state index contributed by atoms with van der Waals surface area (Å²) in [5.74, 6) is 0. The molecule has 148 valence electrons. The molecule has 31 heavy (non-hydrogen) atoms. The minimum Gasteiger partial charge on any atom is -0.354 e. The summed E-state index contributed by atoms with van der Waals surface area (Å²) in [5.41, 5.74) is 6.61. The van der Waals surface area contributed by atoms with Crippen LogP contribution in [0, 0.1) is 0 Å². The van der Waals surface area contributed by atoms with Crippen molar-refractivity contribution in [2.24, 2.45) is 0 Å². The fourth-order valence-corrected chi connectivity index (χ4v) is 3.69. The first-order valence-electron chi connectivity index (χ1n) is 12.6. The zero-order valence-corrected chi connectivity index (χ0v) is 16.8. The highest BCUT2D eigenvalue weighted by molar-refractivity contribution is 5.93. The van der Waals surface area contributed by atoms with Gasteiger partial charge in [0.05, 0.1) is 12.5 Å². The number of benzene rings is 5. The first kappa shape index (κ1) is 14.0. The first-order valence-corrected chi connectivity index (χ1v) is 10.1. The smallest absolute Gasteiger partial charge is 0.0629 e. The summed E-state index contributed by atoms with van der Waals surface area (Å²) in [6.07, 6.45) is 0. The fourth-order valence-electron chi connectivity index (χ4n) is 3.69.